The Balaban J connectivity index is 1.98. The Kier molecular flexibility index (Phi) is 4.95. The molecule has 2 aromatic rings. The molecule has 1 amide bonds. The first-order valence-corrected chi connectivity index (χ1v) is 6.85. The number of benzene rings is 2. The molecule has 0 aromatic heterocycles. The van der Waals surface area contributed by atoms with Crippen molar-refractivity contribution in [3.05, 3.63) is 65.5 Å². The number of halogens is 1. The molecule has 0 aliphatic heterocycles. The number of ketones is 1. The molecule has 22 heavy (non-hydrogen) atoms. The lowest BCUT2D eigenvalue weighted by Gasteiger charge is -2.10. The molecule has 0 bridgehead atoms. The summed E-state index contributed by atoms with van der Waals surface area (Å²) in [5.41, 5.74) is 1.39. The van der Waals surface area contributed by atoms with Gasteiger partial charge in [0.05, 0.1) is 0 Å². The molecule has 0 fully saturated rings. The molecule has 2 N–H and O–H groups in total. The molecule has 0 aliphatic carbocycles. The number of nitrogens with one attached hydrogen (secondary N) is 2. The fourth-order valence-electron chi connectivity index (χ4n) is 1.76. The van der Waals surface area contributed by atoms with Gasteiger partial charge < -0.3 is 5.32 Å². The second-order valence-corrected chi connectivity index (χ2v) is 4.96. The van der Waals surface area contributed by atoms with E-state index in [4.69, 9.17) is 12.2 Å². The van der Waals surface area contributed by atoms with Crippen molar-refractivity contribution in [2.24, 2.45) is 0 Å². The van der Waals surface area contributed by atoms with E-state index in [1.165, 1.54) is 25.1 Å². The fraction of sp³-hybridized carbons (Fsp3) is 0.0625. The molecule has 6 heteroatoms. The van der Waals surface area contributed by atoms with Crippen molar-refractivity contribution in [2.45, 2.75) is 6.92 Å². The van der Waals surface area contributed by atoms with Crippen molar-refractivity contribution in [3.63, 3.8) is 0 Å². The number of hydrogen-bond acceptors (Lipinski definition) is 3. The topological polar surface area (TPSA) is 58.2 Å². The lowest BCUT2D eigenvalue weighted by Crippen LogP contribution is -2.34. The predicted molar refractivity (Wildman–Crippen MR) is 86.5 cm³/mol. The van der Waals surface area contributed by atoms with Crippen LogP contribution in [0.2, 0.25) is 0 Å². The number of carbonyl (C=O) groups is 2. The van der Waals surface area contributed by atoms with Crippen LogP contribution in [-0.2, 0) is 0 Å². The standard InChI is InChI=1S/C16H13FN2O2S/c1-10(20)11-5-7-14(8-6-11)18-16(22)19-15(21)12-3-2-4-13(17)9-12/h2-9H,1H3,(H2,18,19,21,22). The van der Waals surface area contributed by atoms with Gasteiger partial charge in [0, 0.05) is 16.8 Å². The van der Waals surface area contributed by atoms with E-state index in [2.05, 4.69) is 10.6 Å². The monoisotopic (exact) mass is 316 g/mol. The van der Waals surface area contributed by atoms with Crippen LogP contribution >= 0.6 is 12.2 Å². The van der Waals surface area contributed by atoms with E-state index in [-0.39, 0.29) is 16.5 Å². The predicted octanol–water partition coefficient (Wildman–Crippen LogP) is 3.16. The van der Waals surface area contributed by atoms with E-state index in [1.54, 1.807) is 24.3 Å². The highest BCUT2D eigenvalue weighted by molar-refractivity contribution is 7.80. The zero-order chi connectivity index (χ0) is 16.1. The summed E-state index contributed by atoms with van der Waals surface area (Å²) in [6.45, 7) is 1.48. The maximum atomic E-state index is 13.1. The quantitative estimate of drug-likeness (QED) is 0.674. The third kappa shape index (κ3) is 4.20. The fourth-order valence-corrected chi connectivity index (χ4v) is 1.97. The zero-order valence-electron chi connectivity index (χ0n) is 11.7. The SMILES string of the molecule is CC(=O)c1ccc(NC(=S)NC(=O)c2cccc(F)c2)cc1. The van der Waals surface area contributed by atoms with Crippen molar-refractivity contribution in [2.75, 3.05) is 5.32 Å². The number of rotatable bonds is 3. The van der Waals surface area contributed by atoms with E-state index in [1.807, 2.05) is 0 Å². The van der Waals surface area contributed by atoms with Crippen LogP contribution in [0.3, 0.4) is 0 Å². The Morgan fingerprint density at radius 1 is 1.05 bits per heavy atom. The van der Waals surface area contributed by atoms with Gasteiger partial charge in [-0.25, -0.2) is 4.39 Å². The molecule has 0 atom stereocenters. The molecule has 0 saturated carbocycles. The van der Waals surface area contributed by atoms with Crippen molar-refractivity contribution in [3.8, 4) is 0 Å². The minimum atomic E-state index is -0.502. The highest BCUT2D eigenvalue weighted by atomic mass is 32.1. The van der Waals surface area contributed by atoms with Gasteiger partial charge in [-0.15, -0.1) is 0 Å². The first-order valence-electron chi connectivity index (χ1n) is 6.44. The van der Waals surface area contributed by atoms with E-state index in [9.17, 15) is 14.0 Å². The second-order valence-electron chi connectivity index (χ2n) is 4.55. The van der Waals surface area contributed by atoms with Gasteiger partial charge >= 0.3 is 0 Å². The Morgan fingerprint density at radius 3 is 2.32 bits per heavy atom. The van der Waals surface area contributed by atoms with Gasteiger partial charge in [-0.3, -0.25) is 14.9 Å². The largest absolute Gasteiger partial charge is 0.332 e. The zero-order valence-corrected chi connectivity index (χ0v) is 12.5. The van der Waals surface area contributed by atoms with Crippen molar-refractivity contribution in [1.29, 1.82) is 0 Å². The minimum Gasteiger partial charge on any atom is -0.332 e. The van der Waals surface area contributed by atoms with Gasteiger partial charge in [0.1, 0.15) is 5.82 Å². The Morgan fingerprint density at radius 2 is 1.73 bits per heavy atom. The Hall–Kier alpha value is -2.60. The average Bonchev–Trinajstić information content (AvgIpc) is 2.47. The second kappa shape index (κ2) is 6.91. The summed E-state index contributed by atoms with van der Waals surface area (Å²) in [5.74, 6) is -1.03. The number of anilines is 1. The van der Waals surface area contributed by atoms with Gasteiger partial charge in [0.15, 0.2) is 10.9 Å². The van der Waals surface area contributed by atoms with Crippen LogP contribution in [0, 0.1) is 5.82 Å². The molecule has 0 heterocycles. The summed E-state index contributed by atoms with van der Waals surface area (Å²) in [6.07, 6.45) is 0. The lowest BCUT2D eigenvalue weighted by molar-refractivity contribution is 0.0975. The molecule has 0 aliphatic rings. The number of carbonyl (C=O) groups excluding carboxylic acids is 2. The van der Waals surface area contributed by atoms with Gasteiger partial charge in [-0.05, 0) is 61.6 Å². The smallest absolute Gasteiger partial charge is 0.257 e. The van der Waals surface area contributed by atoms with Crippen LogP contribution in [0.1, 0.15) is 27.6 Å². The molecule has 112 valence electrons. The number of amides is 1. The van der Waals surface area contributed by atoms with E-state index < -0.39 is 11.7 Å². The normalized spacial score (nSPS) is 9.91. The number of thiocarbonyl (C=S) groups is 1. The summed E-state index contributed by atoms with van der Waals surface area (Å²) in [7, 11) is 0. The summed E-state index contributed by atoms with van der Waals surface area (Å²) in [4.78, 5) is 23.1. The molecule has 2 aromatic carbocycles. The van der Waals surface area contributed by atoms with Crippen LogP contribution in [0.5, 0.6) is 0 Å². The van der Waals surface area contributed by atoms with Gasteiger partial charge in [0.25, 0.3) is 5.91 Å². The average molecular weight is 316 g/mol. The molecule has 0 unspecified atom stereocenters. The third-order valence-electron chi connectivity index (χ3n) is 2.86. The Bertz CT molecular complexity index is 729. The third-order valence-corrected chi connectivity index (χ3v) is 3.07. The van der Waals surface area contributed by atoms with Gasteiger partial charge in [-0.1, -0.05) is 6.07 Å². The summed E-state index contributed by atoms with van der Waals surface area (Å²) >= 11 is 5.03. The van der Waals surface area contributed by atoms with Crippen LogP contribution in [0.15, 0.2) is 48.5 Å². The maximum absolute atomic E-state index is 13.1. The first kappa shape index (κ1) is 15.8. The molecule has 4 nitrogen and oxygen atoms in total. The molecule has 0 saturated heterocycles. The van der Waals surface area contributed by atoms with Crippen LogP contribution in [0.25, 0.3) is 0 Å². The van der Waals surface area contributed by atoms with E-state index >= 15 is 0 Å². The maximum Gasteiger partial charge on any atom is 0.257 e. The number of hydrogen-bond donors (Lipinski definition) is 2. The van der Waals surface area contributed by atoms with E-state index in [0.717, 1.165) is 6.07 Å². The molecular formula is C16H13FN2O2S. The molecule has 2 rings (SSSR count). The van der Waals surface area contributed by atoms with E-state index in [0.29, 0.717) is 11.3 Å². The highest BCUT2D eigenvalue weighted by Gasteiger charge is 2.09. The van der Waals surface area contributed by atoms with Gasteiger partial charge in [-0.2, -0.15) is 0 Å². The minimum absolute atomic E-state index is 0.0338. The van der Waals surface area contributed by atoms with Crippen molar-refractivity contribution < 1.29 is 14.0 Å². The first-order chi connectivity index (χ1) is 10.5. The van der Waals surface area contributed by atoms with Gasteiger partial charge in [0.2, 0.25) is 0 Å². The summed E-state index contributed by atoms with van der Waals surface area (Å²) in [6, 6.07) is 12.0. The molecule has 0 radical (unpaired) electrons. The van der Waals surface area contributed by atoms with Crippen LogP contribution < -0.4 is 10.6 Å². The summed E-state index contributed by atoms with van der Waals surface area (Å²) in [5, 5.41) is 5.36. The van der Waals surface area contributed by atoms with Crippen molar-refractivity contribution in [1.82, 2.24) is 5.32 Å². The molecular weight excluding hydrogens is 303 g/mol. The van der Waals surface area contributed by atoms with Crippen LogP contribution in [-0.4, -0.2) is 16.8 Å². The van der Waals surface area contributed by atoms with Crippen LogP contribution in [0.4, 0.5) is 10.1 Å². The summed E-state index contributed by atoms with van der Waals surface area (Å²) < 4.78 is 13.1. The molecule has 0 spiro atoms. The highest BCUT2D eigenvalue weighted by Crippen LogP contribution is 2.10. The lowest BCUT2D eigenvalue weighted by atomic mass is 10.1. The van der Waals surface area contributed by atoms with Crippen molar-refractivity contribution >= 4 is 34.7 Å². The number of Topliss-reactive ketones (excluding diaryl/α,β-unsaturated/α-hetero) is 1. The Labute approximate surface area is 132 Å².